The van der Waals surface area contributed by atoms with Crippen molar-refractivity contribution in [2.24, 2.45) is 0 Å². The summed E-state index contributed by atoms with van der Waals surface area (Å²) in [6.07, 6.45) is -3.67. The van der Waals surface area contributed by atoms with Gasteiger partial charge in [-0.2, -0.15) is 13.2 Å². The Bertz CT molecular complexity index is 558. The highest BCUT2D eigenvalue weighted by molar-refractivity contribution is 5.74. The molecule has 2 N–H and O–H groups in total. The second kappa shape index (κ2) is 7.74. The number of halogens is 3. The largest absolute Gasteiger partial charge is 0.508 e. The Hall–Kier alpha value is -1.96. The van der Waals surface area contributed by atoms with Gasteiger partial charge in [0.2, 0.25) is 0 Å². The zero-order valence-corrected chi connectivity index (χ0v) is 13.5. The number of benzene rings is 1. The molecule has 134 valence electrons. The third-order valence-electron chi connectivity index (χ3n) is 4.22. The van der Waals surface area contributed by atoms with Gasteiger partial charge in [-0.3, -0.25) is 4.90 Å². The molecule has 1 saturated heterocycles. The van der Waals surface area contributed by atoms with Crippen LogP contribution in [0.15, 0.2) is 24.3 Å². The third kappa shape index (κ3) is 5.02. The molecule has 1 fully saturated rings. The highest BCUT2D eigenvalue weighted by Gasteiger charge is 2.41. The first kappa shape index (κ1) is 18.4. The fraction of sp³-hybridized carbons (Fsp3) is 0.562. The predicted molar refractivity (Wildman–Crippen MR) is 83.9 cm³/mol. The summed E-state index contributed by atoms with van der Waals surface area (Å²) < 4.78 is 38.1. The molecule has 8 heteroatoms. The number of phenolic OH excluding ortho intramolecular Hbond substituents is 1. The first-order chi connectivity index (χ1) is 11.3. The van der Waals surface area contributed by atoms with E-state index in [0.717, 1.165) is 12.5 Å². The van der Waals surface area contributed by atoms with Crippen LogP contribution < -0.4 is 5.32 Å². The summed E-state index contributed by atoms with van der Waals surface area (Å²) >= 11 is 0. The van der Waals surface area contributed by atoms with E-state index < -0.39 is 12.2 Å². The summed E-state index contributed by atoms with van der Waals surface area (Å²) in [7, 11) is 0. The minimum Gasteiger partial charge on any atom is -0.508 e. The summed E-state index contributed by atoms with van der Waals surface area (Å²) in [5.74, 6) is 0.175. The van der Waals surface area contributed by atoms with Gasteiger partial charge < -0.3 is 15.3 Å². The van der Waals surface area contributed by atoms with E-state index in [0.29, 0.717) is 13.0 Å². The standard InChI is InChI=1S/C16H22F3N3O2/c1-12(16(17,18)19)21-7-9-22(10-8-21)15(24)20-6-5-13-3-2-4-14(23)11-13/h2-4,11-12,23H,5-10H2,1H3,(H,20,24)/t12-/m1/s1. The lowest BCUT2D eigenvalue weighted by Crippen LogP contribution is -2.56. The lowest BCUT2D eigenvalue weighted by molar-refractivity contribution is -0.181. The van der Waals surface area contributed by atoms with Gasteiger partial charge >= 0.3 is 12.2 Å². The molecule has 0 unspecified atom stereocenters. The Morgan fingerprint density at radius 1 is 1.29 bits per heavy atom. The maximum absolute atomic E-state index is 12.7. The van der Waals surface area contributed by atoms with E-state index >= 15 is 0 Å². The summed E-state index contributed by atoms with van der Waals surface area (Å²) in [6.45, 7) is 2.52. The van der Waals surface area contributed by atoms with Crippen LogP contribution >= 0.6 is 0 Å². The van der Waals surface area contributed by atoms with Crippen LogP contribution in [0.1, 0.15) is 12.5 Å². The molecule has 0 saturated carbocycles. The van der Waals surface area contributed by atoms with Crippen LogP contribution in [0.3, 0.4) is 0 Å². The number of hydrogen-bond acceptors (Lipinski definition) is 3. The number of nitrogens with zero attached hydrogens (tertiary/aromatic N) is 2. The van der Waals surface area contributed by atoms with E-state index in [-0.39, 0.29) is 38.0 Å². The number of piperazine rings is 1. The van der Waals surface area contributed by atoms with Crippen molar-refractivity contribution in [3.63, 3.8) is 0 Å². The Balaban J connectivity index is 1.73. The molecule has 24 heavy (non-hydrogen) atoms. The van der Waals surface area contributed by atoms with E-state index in [1.807, 2.05) is 6.07 Å². The van der Waals surface area contributed by atoms with Crippen molar-refractivity contribution in [2.75, 3.05) is 32.7 Å². The Morgan fingerprint density at radius 2 is 1.96 bits per heavy atom. The molecular weight excluding hydrogens is 323 g/mol. The first-order valence-corrected chi connectivity index (χ1v) is 7.89. The van der Waals surface area contributed by atoms with Gasteiger partial charge in [-0.1, -0.05) is 12.1 Å². The normalized spacial score (nSPS) is 17.6. The molecule has 0 aliphatic carbocycles. The highest BCUT2D eigenvalue weighted by atomic mass is 19.4. The number of hydrogen-bond donors (Lipinski definition) is 2. The number of amides is 2. The molecule has 0 bridgehead atoms. The molecule has 1 atom stereocenters. The van der Waals surface area contributed by atoms with Crippen LogP contribution in [-0.4, -0.2) is 65.9 Å². The molecule has 5 nitrogen and oxygen atoms in total. The first-order valence-electron chi connectivity index (χ1n) is 7.89. The van der Waals surface area contributed by atoms with E-state index in [1.54, 1.807) is 18.2 Å². The molecule has 0 spiro atoms. The van der Waals surface area contributed by atoms with E-state index in [4.69, 9.17) is 0 Å². The SMILES string of the molecule is C[C@@H](N1CCN(C(=O)NCCc2cccc(O)c2)CC1)C(F)(F)F. The smallest absolute Gasteiger partial charge is 0.403 e. The van der Waals surface area contributed by atoms with Crippen LogP contribution in [0.5, 0.6) is 5.75 Å². The van der Waals surface area contributed by atoms with Gasteiger partial charge in [0.1, 0.15) is 11.8 Å². The van der Waals surface area contributed by atoms with Crippen LogP contribution in [0.4, 0.5) is 18.0 Å². The molecule has 1 aromatic rings. The Morgan fingerprint density at radius 3 is 2.54 bits per heavy atom. The van der Waals surface area contributed by atoms with E-state index in [2.05, 4.69) is 5.32 Å². The summed E-state index contributed by atoms with van der Waals surface area (Å²) in [5, 5.41) is 12.1. The van der Waals surface area contributed by atoms with E-state index in [9.17, 15) is 23.1 Å². The van der Waals surface area contributed by atoms with Crippen LogP contribution in [-0.2, 0) is 6.42 Å². The van der Waals surface area contributed by atoms with Crippen molar-refractivity contribution >= 4 is 6.03 Å². The van der Waals surface area contributed by atoms with Crippen molar-refractivity contribution in [1.82, 2.24) is 15.1 Å². The zero-order chi connectivity index (χ0) is 17.7. The average molecular weight is 345 g/mol. The van der Waals surface area contributed by atoms with Crippen molar-refractivity contribution in [3.8, 4) is 5.75 Å². The van der Waals surface area contributed by atoms with Crippen LogP contribution in [0, 0.1) is 0 Å². The molecule has 2 rings (SSSR count). The predicted octanol–water partition coefficient (Wildman–Crippen LogP) is 2.21. The van der Waals surface area contributed by atoms with Crippen LogP contribution in [0.2, 0.25) is 0 Å². The minimum atomic E-state index is -4.24. The van der Waals surface area contributed by atoms with Crippen LogP contribution in [0.25, 0.3) is 0 Å². The number of rotatable bonds is 4. The second-order valence-corrected chi connectivity index (χ2v) is 5.89. The van der Waals surface area contributed by atoms with E-state index in [1.165, 1.54) is 9.80 Å². The van der Waals surface area contributed by atoms with Gasteiger partial charge in [-0.15, -0.1) is 0 Å². The maximum atomic E-state index is 12.7. The number of urea groups is 1. The second-order valence-electron chi connectivity index (χ2n) is 5.89. The molecular formula is C16H22F3N3O2. The van der Waals surface area contributed by atoms with Crippen molar-refractivity contribution in [1.29, 1.82) is 0 Å². The van der Waals surface area contributed by atoms with Gasteiger partial charge in [-0.05, 0) is 31.0 Å². The number of nitrogens with one attached hydrogen (secondary N) is 1. The lowest BCUT2D eigenvalue weighted by Gasteiger charge is -2.38. The molecule has 2 amide bonds. The third-order valence-corrected chi connectivity index (χ3v) is 4.22. The van der Waals surface area contributed by atoms with Gasteiger partial charge in [-0.25, -0.2) is 4.79 Å². The van der Waals surface area contributed by atoms with Gasteiger partial charge in [0.25, 0.3) is 0 Å². The van der Waals surface area contributed by atoms with Gasteiger partial charge in [0, 0.05) is 32.7 Å². The lowest BCUT2D eigenvalue weighted by atomic mass is 10.1. The Kier molecular flexibility index (Phi) is 5.93. The minimum absolute atomic E-state index is 0.175. The maximum Gasteiger partial charge on any atom is 0.403 e. The van der Waals surface area contributed by atoms with Gasteiger partial charge in [0.05, 0.1) is 0 Å². The fourth-order valence-corrected chi connectivity index (χ4v) is 2.66. The number of carbonyl (C=O) groups excluding carboxylic acids is 1. The quantitative estimate of drug-likeness (QED) is 0.880. The monoisotopic (exact) mass is 345 g/mol. The molecule has 1 heterocycles. The number of carbonyl (C=O) groups is 1. The zero-order valence-electron chi connectivity index (χ0n) is 13.5. The highest BCUT2D eigenvalue weighted by Crippen LogP contribution is 2.25. The topological polar surface area (TPSA) is 55.8 Å². The fourth-order valence-electron chi connectivity index (χ4n) is 2.66. The molecule has 0 aromatic heterocycles. The number of alkyl halides is 3. The molecule has 1 aliphatic rings. The van der Waals surface area contributed by atoms with Crippen molar-refractivity contribution in [3.05, 3.63) is 29.8 Å². The molecule has 1 aliphatic heterocycles. The average Bonchev–Trinajstić information content (AvgIpc) is 2.53. The summed E-state index contributed by atoms with van der Waals surface area (Å²) in [5.41, 5.74) is 0.902. The summed E-state index contributed by atoms with van der Waals surface area (Å²) in [4.78, 5) is 14.9. The summed E-state index contributed by atoms with van der Waals surface area (Å²) in [6, 6.07) is 5.02. The van der Waals surface area contributed by atoms with Gasteiger partial charge in [0.15, 0.2) is 0 Å². The number of phenols is 1. The van der Waals surface area contributed by atoms with Crippen molar-refractivity contribution in [2.45, 2.75) is 25.6 Å². The molecule has 1 aromatic carbocycles. The Labute approximate surface area is 139 Å². The molecule has 0 radical (unpaired) electrons. The number of aromatic hydroxyl groups is 1. The van der Waals surface area contributed by atoms with Crippen molar-refractivity contribution < 1.29 is 23.1 Å².